The molecule has 0 saturated carbocycles. The van der Waals surface area contributed by atoms with Gasteiger partial charge in [0, 0.05) is 6.26 Å². The average molecular weight is 414 g/mol. The molecule has 0 aliphatic heterocycles. The van der Waals surface area contributed by atoms with Crippen LogP contribution in [0.4, 0.5) is 17.6 Å². The minimum atomic E-state index is -4.79. The van der Waals surface area contributed by atoms with Crippen molar-refractivity contribution in [3.8, 4) is 5.75 Å². The predicted octanol–water partition coefficient (Wildman–Crippen LogP) is 5.53. The first-order valence-corrected chi connectivity index (χ1v) is 10.4. The van der Waals surface area contributed by atoms with Gasteiger partial charge in [-0.3, -0.25) is 0 Å². The summed E-state index contributed by atoms with van der Waals surface area (Å²) in [5.74, 6) is -1.12. The summed E-state index contributed by atoms with van der Waals surface area (Å²) in [5.41, 5.74) is 3.05. The standard InChI is InChI=1S/C20H18F4O3S/c1-12-6-7-14(11-18(12)27-20(22,23)24)16-5-3-4-15(16)13-8-9-19(17(21)10-13)28(2,25)26/h6-11H,3-5H2,1-2H3. The highest BCUT2D eigenvalue weighted by atomic mass is 32.2. The van der Waals surface area contributed by atoms with Gasteiger partial charge in [-0.05, 0) is 72.2 Å². The molecule has 2 aromatic carbocycles. The van der Waals surface area contributed by atoms with Gasteiger partial charge in [-0.1, -0.05) is 18.2 Å². The Morgan fingerprint density at radius 1 is 0.964 bits per heavy atom. The van der Waals surface area contributed by atoms with E-state index in [1.807, 2.05) is 0 Å². The maximum atomic E-state index is 14.3. The van der Waals surface area contributed by atoms with Crippen molar-refractivity contribution in [3.63, 3.8) is 0 Å². The summed E-state index contributed by atoms with van der Waals surface area (Å²) < 4.78 is 79.5. The van der Waals surface area contributed by atoms with Gasteiger partial charge in [-0.15, -0.1) is 13.2 Å². The Bertz CT molecular complexity index is 1050. The first kappa shape index (κ1) is 20.4. The zero-order valence-corrected chi connectivity index (χ0v) is 16.0. The van der Waals surface area contributed by atoms with Gasteiger partial charge < -0.3 is 4.74 Å². The van der Waals surface area contributed by atoms with Gasteiger partial charge in [0.15, 0.2) is 9.84 Å². The normalized spacial score (nSPS) is 15.2. The fraction of sp³-hybridized carbons (Fsp3) is 0.300. The smallest absolute Gasteiger partial charge is 0.405 e. The van der Waals surface area contributed by atoms with Crippen molar-refractivity contribution >= 4 is 21.0 Å². The van der Waals surface area contributed by atoms with E-state index in [4.69, 9.17) is 0 Å². The number of alkyl halides is 3. The van der Waals surface area contributed by atoms with E-state index in [0.29, 0.717) is 29.5 Å². The topological polar surface area (TPSA) is 43.4 Å². The lowest BCUT2D eigenvalue weighted by Crippen LogP contribution is -2.17. The van der Waals surface area contributed by atoms with Crippen molar-refractivity contribution in [3.05, 3.63) is 58.9 Å². The van der Waals surface area contributed by atoms with E-state index in [1.165, 1.54) is 31.2 Å². The summed E-state index contributed by atoms with van der Waals surface area (Å²) in [7, 11) is -3.68. The van der Waals surface area contributed by atoms with Crippen LogP contribution in [-0.4, -0.2) is 21.0 Å². The summed E-state index contributed by atoms with van der Waals surface area (Å²) in [6.45, 7) is 1.52. The molecule has 0 saturated heterocycles. The third-order valence-corrected chi connectivity index (χ3v) is 5.79. The first-order valence-electron chi connectivity index (χ1n) is 8.54. The molecule has 1 aliphatic carbocycles. The van der Waals surface area contributed by atoms with E-state index in [9.17, 15) is 26.0 Å². The van der Waals surface area contributed by atoms with Crippen LogP contribution in [-0.2, 0) is 9.84 Å². The van der Waals surface area contributed by atoms with Crippen LogP contribution in [0.5, 0.6) is 5.75 Å². The summed E-state index contributed by atoms with van der Waals surface area (Å²) >= 11 is 0. The molecule has 0 heterocycles. The highest BCUT2D eigenvalue weighted by molar-refractivity contribution is 7.90. The molecule has 0 spiro atoms. The third-order valence-electron chi connectivity index (χ3n) is 4.66. The van der Waals surface area contributed by atoms with E-state index < -0.39 is 22.0 Å². The molecular formula is C20H18F4O3S. The van der Waals surface area contributed by atoms with Crippen LogP contribution in [0.25, 0.3) is 11.1 Å². The second kappa shape index (κ2) is 7.24. The van der Waals surface area contributed by atoms with Gasteiger partial charge in [0.25, 0.3) is 0 Å². The molecule has 0 fully saturated rings. The molecule has 2 aromatic rings. The molecule has 0 amide bonds. The zero-order chi connectivity index (χ0) is 20.7. The van der Waals surface area contributed by atoms with Crippen molar-refractivity contribution in [2.24, 2.45) is 0 Å². The first-order chi connectivity index (χ1) is 13.0. The SMILES string of the molecule is Cc1ccc(C2=C(c3ccc(S(C)(=O)=O)c(F)c3)CCC2)cc1OC(F)(F)F. The molecule has 3 rings (SSSR count). The van der Waals surface area contributed by atoms with Crippen LogP contribution >= 0.6 is 0 Å². The fourth-order valence-corrected chi connectivity index (χ4v) is 4.12. The van der Waals surface area contributed by atoms with Crippen LogP contribution < -0.4 is 4.74 Å². The number of hydrogen-bond donors (Lipinski definition) is 0. The monoisotopic (exact) mass is 414 g/mol. The maximum Gasteiger partial charge on any atom is 0.573 e. The van der Waals surface area contributed by atoms with Gasteiger partial charge in [-0.2, -0.15) is 0 Å². The molecule has 0 aromatic heterocycles. The molecule has 8 heteroatoms. The summed E-state index contributed by atoms with van der Waals surface area (Å²) in [5, 5.41) is 0. The quantitative estimate of drug-likeness (QED) is 0.618. The molecule has 0 bridgehead atoms. The van der Waals surface area contributed by atoms with E-state index in [-0.39, 0.29) is 10.6 Å². The number of ether oxygens (including phenoxy) is 1. The van der Waals surface area contributed by atoms with Gasteiger partial charge in [-0.25, -0.2) is 12.8 Å². The molecular weight excluding hydrogens is 396 g/mol. The lowest BCUT2D eigenvalue weighted by Gasteiger charge is -2.14. The average Bonchev–Trinajstić information content (AvgIpc) is 3.04. The molecule has 0 atom stereocenters. The molecule has 0 N–H and O–H groups in total. The third kappa shape index (κ3) is 4.38. The van der Waals surface area contributed by atoms with Gasteiger partial charge in [0.1, 0.15) is 16.5 Å². The Morgan fingerprint density at radius 3 is 2.07 bits per heavy atom. The minimum Gasteiger partial charge on any atom is -0.405 e. The molecule has 3 nitrogen and oxygen atoms in total. The largest absolute Gasteiger partial charge is 0.573 e. The van der Waals surface area contributed by atoms with E-state index >= 15 is 0 Å². The van der Waals surface area contributed by atoms with Crippen LogP contribution in [0.3, 0.4) is 0 Å². The summed E-state index contributed by atoms with van der Waals surface area (Å²) in [6, 6.07) is 8.51. The fourth-order valence-electron chi connectivity index (χ4n) is 3.39. The molecule has 1 aliphatic rings. The number of benzene rings is 2. The Kier molecular flexibility index (Phi) is 5.27. The number of allylic oxidation sites excluding steroid dienone is 2. The Hall–Kier alpha value is -2.35. The Labute approximate surface area is 160 Å². The lowest BCUT2D eigenvalue weighted by molar-refractivity contribution is -0.274. The van der Waals surface area contributed by atoms with Crippen LogP contribution in [0.1, 0.15) is 36.0 Å². The van der Waals surface area contributed by atoms with E-state index in [0.717, 1.165) is 23.8 Å². The second-order valence-corrected chi connectivity index (χ2v) is 8.74. The minimum absolute atomic E-state index is 0.276. The zero-order valence-electron chi connectivity index (χ0n) is 15.2. The summed E-state index contributed by atoms with van der Waals surface area (Å²) in [6.07, 6.45) is -1.85. The Morgan fingerprint density at radius 2 is 1.54 bits per heavy atom. The highest BCUT2D eigenvalue weighted by Crippen LogP contribution is 2.41. The number of sulfone groups is 1. The van der Waals surface area contributed by atoms with E-state index in [1.54, 1.807) is 12.1 Å². The van der Waals surface area contributed by atoms with Crippen LogP contribution in [0.2, 0.25) is 0 Å². The van der Waals surface area contributed by atoms with Crippen molar-refractivity contribution < 1.29 is 30.7 Å². The lowest BCUT2D eigenvalue weighted by atomic mass is 9.96. The second-order valence-electron chi connectivity index (χ2n) is 6.76. The molecule has 0 radical (unpaired) electrons. The molecule has 0 unspecified atom stereocenters. The van der Waals surface area contributed by atoms with Gasteiger partial charge in [0.05, 0.1) is 0 Å². The number of halogens is 4. The number of aryl methyl sites for hydroxylation is 1. The van der Waals surface area contributed by atoms with Crippen molar-refractivity contribution in [2.45, 2.75) is 37.4 Å². The van der Waals surface area contributed by atoms with Crippen molar-refractivity contribution in [1.29, 1.82) is 0 Å². The van der Waals surface area contributed by atoms with Gasteiger partial charge in [0.2, 0.25) is 0 Å². The Balaban J connectivity index is 2.06. The van der Waals surface area contributed by atoms with Crippen molar-refractivity contribution in [1.82, 2.24) is 0 Å². The molecule has 28 heavy (non-hydrogen) atoms. The van der Waals surface area contributed by atoms with Crippen LogP contribution in [0, 0.1) is 12.7 Å². The number of rotatable bonds is 4. The van der Waals surface area contributed by atoms with Crippen molar-refractivity contribution in [2.75, 3.05) is 6.26 Å². The van der Waals surface area contributed by atoms with Crippen LogP contribution in [0.15, 0.2) is 41.3 Å². The summed E-state index contributed by atoms with van der Waals surface area (Å²) in [4.78, 5) is -0.382. The highest BCUT2D eigenvalue weighted by Gasteiger charge is 2.32. The molecule has 150 valence electrons. The van der Waals surface area contributed by atoms with E-state index in [2.05, 4.69) is 4.74 Å². The number of hydrogen-bond acceptors (Lipinski definition) is 3. The maximum absolute atomic E-state index is 14.3. The van der Waals surface area contributed by atoms with Gasteiger partial charge >= 0.3 is 6.36 Å². The predicted molar refractivity (Wildman–Crippen MR) is 98.0 cm³/mol.